The van der Waals surface area contributed by atoms with Gasteiger partial charge in [0.15, 0.2) is 0 Å². The molecule has 2 atom stereocenters. The minimum absolute atomic E-state index is 0.255. The Morgan fingerprint density at radius 3 is 2.50 bits per heavy atom. The molecular formula is C10H24N2OS. The van der Waals surface area contributed by atoms with Gasteiger partial charge in [0.25, 0.3) is 0 Å². The molecule has 2 unspecified atom stereocenters. The van der Waals surface area contributed by atoms with Crippen LogP contribution in [0.5, 0.6) is 0 Å². The lowest BCUT2D eigenvalue weighted by Crippen LogP contribution is -2.43. The van der Waals surface area contributed by atoms with Crippen molar-refractivity contribution in [2.75, 3.05) is 25.2 Å². The summed E-state index contributed by atoms with van der Waals surface area (Å²) in [6.45, 7) is 3.07. The molecule has 0 saturated heterocycles. The van der Waals surface area contributed by atoms with Crippen molar-refractivity contribution in [2.45, 2.75) is 38.3 Å². The zero-order valence-electron chi connectivity index (χ0n) is 9.33. The van der Waals surface area contributed by atoms with E-state index in [9.17, 15) is 0 Å². The Balaban J connectivity index is 3.75. The third kappa shape index (κ3) is 6.65. The van der Waals surface area contributed by atoms with Crippen LogP contribution in [0.1, 0.15) is 26.2 Å². The fraction of sp³-hybridized carbons (Fsp3) is 1.00. The van der Waals surface area contributed by atoms with Gasteiger partial charge in [-0.25, -0.2) is 0 Å². The third-order valence-electron chi connectivity index (χ3n) is 2.40. The number of thioether (sulfide) groups is 1. The van der Waals surface area contributed by atoms with Gasteiger partial charge < -0.3 is 16.2 Å². The third-order valence-corrected chi connectivity index (χ3v) is 3.04. The van der Waals surface area contributed by atoms with Crippen LogP contribution >= 0.6 is 11.8 Å². The number of aliphatic hydroxyl groups excluding tert-OH is 1. The monoisotopic (exact) mass is 220 g/mol. The Labute approximate surface area is 91.8 Å². The first kappa shape index (κ1) is 14.2. The minimum atomic E-state index is 0.255. The Bertz CT molecular complexity index is 125. The molecule has 4 heteroatoms. The van der Waals surface area contributed by atoms with Gasteiger partial charge in [-0.1, -0.05) is 6.92 Å². The van der Waals surface area contributed by atoms with Crippen molar-refractivity contribution in [3.8, 4) is 0 Å². The molecule has 14 heavy (non-hydrogen) atoms. The van der Waals surface area contributed by atoms with Crippen molar-refractivity contribution in [3.05, 3.63) is 0 Å². The van der Waals surface area contributed by atoms with Gasteiger partial charge in [0.2, 0.25) is 0 Å². The summed E-state index contributed by atoms with van der Waals surface area (Å²) in [4.78, 5) is 0. The summed E-state index contributed by atoms with van der Waals surface area (Å²) in [5, 5.41) is 12.3. The van der Waals surface area contributed by atoms with Crippen LogP contribution in [0.15, 0.2) is 0 Å². The fourth-order valence-corrected chi connectivity index (χ4v) is 1.94. The Morgan fingerprint density at radius 2 is 2.07 bits per heavy atom. The van der Waals surface area contributed by atoms with Crippen LogP contribution < -0.4 is 11.1 Å². The maximum absolute atomic E-state index is 8.85. The van der Waals surface area contributed by atoms with E-state index in [1.54, 1.807) is 0 Å². The quantitative estimate of drug-likeness (QED) is 0.538. The van der Waals surface area contributed by atoms with Gasteiger partial charge in [0.1, 0.15) is 0 Å². The van der Waals surface area contributed by atoms with E-state index in [0.717, 1.165) is 25.0 Å². The van der Waals surface area contributed by atoms with Gasteiger partial charge >= 0.3 is 0 Å². The topological polar surface area (TPSA) is 58.3 Å². The highest BCUT2D eigenvalue weighted by molar-refractivity contribution is 7.98. The van der Waals surface area contributed by atoms with E-state index in [1.165, 1.54) is 0 Å². The van der Waals surface area contributed by atoms with Crippen LogP contribution in [0.3, 0.4) is 0 Å². The molecular weight excluding hydrogens is 196 g/mol. The van der Waals surface area contributed by atoms with Crippen molar-refractivity contribution < 1.29 is 5.11 Å². The normalized spacial score (nSPS) is 15.4. The summed E-state index contributed by atoms with van der Waals surface area (Å²) in [5.74, 6) is 1.14. The molecule has 0 aromatic carbocycles. The Morgan fingerprint density at radius 1 is 1.36 bits per heavy atom. The number of nitrogens with one attached hydrogen (secondary N) is 1. The predicted molar refractivity (Wildman–Crippen MR) is 64.8 cm³/mol. The molecule has 86 valence electrons. The summed E-state index contributed by atoms with van der Waals surface area (Å²) in [6.07, 6.45) is 5.10. The van der Waals surface area contributed by atoms with Gasteiger partial charge in [-0.2, -0.15) is 11.8 Å². The number of hydrogen-bond donors (Lipinski definition) is 3. The van der Waals surface area contributed by atoms with Crippen molar-refractivity contribution in [1.82, 2.24) is 5.32 Å². The zero-order chi connectivity index (χ0) is 10.8. The van der Waals surface area contributed by atoms with Crippen LogP contribution in [0.25, 0.3) is 0 Å². The lowest BCUT2D eigenvalue weighted by molar-refractivity contribution is 0.255. The number of nitrogens with two attached hydrogens (primary N) is 1. The van der Waals surface area contributed by atoms with Crippen molar-refractivity contribution in [1.29, 1.82) is 0 Å². The van der Waals surface area contributed by atoms with Crippen molar-refractivity contribution in [3.63, 3.8) is 0 Å². The van der Waals surface area contributed by atoms with Gasteiger partial charge in [-0.3, -0.25) is 0 Å². The summed E-state index contributed by atoms with van der Waals surface area (Å²) in [7, 11) is 0. The molecule has 0 aliphatic heterocycles. The number of hydrogen-bond acceptors (Lipinski definition) is 4. The fourth-order valence-electron chi connectivity index (χ4n) is 1.42. The van der Waals surface area contributed by atoms with Crippen LogP contribution in [0, 0.1) is 0 Å². The smallest absolute Gasteiger partial charge is 0.0445 e. The zero-order valence-corrected chi connectivity index (χ0v) is 10.1. The molecule has 0 aromatic rings. The van der Waals surface area contributed by atoms with Crippen LogP contribution in [0.2, 0.25) is 0 Å². The summed E-state index contributed by atoms with van der Waals surface area (Å²) >= 11 is 1.85. The first-order chi connectivity index (χ1) is 6.78. The second-order valence-electron chi connectivity index (χ2n) is 3.50. The lowest BCUT2D eigenvalue weighted by atomic mass is 10.1. The molecule has 0 bridgehead atoms. The first-order valence-electron chi connectivity index (χ1n) is 5.34. The molecule has 3 nitrogen and oxygen atoms in total. The maximum Gasteiger partial charge on any atom is 0.0445 e. The number of aliphatic hydroxyl groups is 1. The molecule has 0 saturated carbocycles. The molecule has 0 spiro atoms. The highest BCUT2D eigenvalue weighted by Crippen LogP contribution is 2.04. The highest BCUT2D eigenvalue weighted by Gasteiger charge is 2.11. The Kier molecular flexibility index (Phi) is 9.93. The predicted octanol–water partition coefficient (Wildman–Crippen LogP) is 0.817. The van der Waals surface area contributed by atoms with Gasteiger partial charge in [0.05, 0.1) is 0 Å². The SMILES string of the molecule is CCC(CCO)NC(CN)CCSC. The van der Waals surface area contributed by atoms with Crippen molar-refractivity contribution >= 4 is 11.8 Å². The van der Waals surface area contributed by atoms with E-state index < -0.39 is 0 Å². The Hall–Kier alpha value is 0.230. The van der Waals surface area contributed by atoms with Gasteiger partial charge in [-0.15, -0.1) is 0 Å². The van der Waals surface area contributed by atoms with E-state index in [4.69, 9.17) is 10.8 Å². The van der Waals surface area contributed by atoms with Crippen LogP contribution in [-0.2, 0) is 0 Å². The van der Waals surface area contributed by atoms with Crippen LogP contribution in [0.4, 0.5) is 0 Å². The van der Waals surface area contributed by atoms with Gasteiger partial charge in [-0.05, 0) is 31.3 Å². The minimum Gasteiger partial charge on any atom is -0.396 e. The average molecular weight is 220 g/mol. The maximum atomic E-state index is 8.85. The molecule has 0 aromatic heterocycles. The van der Waals surface area contributed by atoms with Gasteiger partial charge in [0, 0.05) is 25.2 Å². The van der Waals surface area contributed by atoms with E-state index in [1.807, 2.05) is 11.8 Å². The molecule has 0 heterocycles. The van der Waals surface area contributed by atoms with Crippen LogP contribution in [-0.4, -0.2) is 42.4 Å². The van der Waals surface area contributed by atoms with E-state index in [-0.39, 0.29) is 6.61 Å². The first-order valence-corrected chi connectivity index (χ1v) is 6.73. The largest absolute Gasteiger partial charge is 0.396 e. The molecule has 0 fully saturated rings. The van der Waals surface area contributed by atoms with E-state index >= 15 is 0 Å². The molecule has 0 aliphatic carbocycles. The van der Waals surface area contributed by atoms with E-state index in [2.05, 4.69) is 18.5 Å². The second kappa shape index (κ2) is 9.77. The summed E-state index contributed by atoms with van der Waals surface area (Å²) < 4.78 is 0. The standard InChI is InChI=1S/C10H24N2OS/c1-3-9(4-6-13)12-10(8-11)5-7-14-2/h9-10,12-13H,3-8,11H2,1-2H3. The molecule has 0 amide bonds. The highest BCUT2D eigenvalue weighted by atomic mass is 32.2. The lowest BCUT2D eigenvalue weighted by Gasteiger charge is -2.23. The molecule has 0 radical (unpaired) electrons. The summed E-state index contributed by atoms with van der Waals surface area (Å²) in [5.41, 5.74) is 5.68. The molecule has 0 aliphatic rings. The molecule has 0 rings (SSSR count). The molecule has 4 N–H and O–H groups in total. The number of rotatable bonds is 9. The summed E-state index contributed by atoms with van der Waals surface area (Å²) in [6, 6.07) is 0.814. The second-order valence-corrected chi connectivity index (χ2v) is 4.48. The van der Waals surface area contributed by atoms with E-state index in [0.29, 0.717) is 18.6 Å². The van der Waals surface area contributed by atoms with Crippen molar-refractivity contribution in [2.24, 2.45) is 5.73 Å². The average Bonchev–Trinajstić information content (AvgIpc) is 2.22.